The molecule has 2 aliphatic heterocycles. The molecule has 4 heterocycles. The van der Waals surface area contributed by atoms with E-state index in [1.54, 1.807) is 11.5 Å². The van der Waals surface area contributed by atoms with Crippen LogP contribution in [0.15, 0.2) is 6.33 Å². The van der Waals surface area contributed by atoms with Crippen LogP contribution >= 0.6 is 19.8 Å². The number of hydrogen-bond acceptors (Lipinski definition) is 10. The third-order valence-corrected chi connectivity index (χ3v) is 6.50. The van der Waals surface area contributed by atoms with Gasteiger partial charge in [0, 0.05) is 6.42 Å². The molecule has 5 atom stereocenters. The topological polar surface area (TPSA) is 164 Å². The molecule has 2 aromatic heterocycles. The highest BCUT2D eigenvalue weighted by atomic mass is 35.5. The zero-order chi connectivity index (χ0) is 20.8. The molecule has 0 spiro atoms. The third-order valence-electron chi connectivity index (χ3n) is 4.81. The van der Waals surface area contributed by atoms with Gasteiger partial charge in [0.25, 0.3) is 0 Å². The van der Waals surface area contributed by atoms with Crippen molar-refractivity contribution < 1.29 is 33.1 Å². The van der Waals surface area contributed by atoms with Gasteiger partial charge in [-0.05, 0) is 18.0 Å². The monoisotopic (exact) mass is 448 g/mol. The summed E-state index contributed by atoms with van der Waals surface area (Å²) >= 11 is 5.90. The normalized spacial score (nSPS) is 30.4. The molecule has 29 heavy (non-hydrogen) atoms. The number of carboxylic acids is 1. The van der Waals surface area contributed by atoms with Crippen LogP contribution in [0.1, 0.15) is 26.0 Å². The predicted octanol–water partition coefficient (Wildman–Crippen LogP) is 1.56. The lowest BCUT2D eigenvalue weighted by Crippen LogP contribution is -2.35. The Morgan fingerprint density at radius 1 is 1.52 bits per heavy atom. The summed E-state index contributed by atoms with van der Waals surface area (Å²) in [5.74, 6) is -1.37. The second-order valence-electron chi connectivity index (χ2n) is 6.84. The minimum Gasteiger partial charge on any atom is -0.481 e. The molecule has 4 N–H and O–H groups in total. The van der Waals surface area contributed by atoms with Crippen LogP contribution in [-0.2, 0) is 23.1 Å². The summed E-state index contributed by atoms with van der Waals surface area (Å²) in [5.41, 5.74) is 6.66. The first-order valence-corrected chi connectivity index (χ1v) is 10.8. The Balaban J connectivity index is 1.42. The van der Waals surface area contributed by atoms with Crippen molar-refractivity contribution in [3.8, 4) is 0 Å². The molecular formula is C15H20ClN5O7P+. The van der Waals surface area contributed by atoms with Gasteiger partial charge in [0.2, 0.25) is 5.28 Å². The molecular weight excluding hydrogens is 429 g/mol. The zero-order valence-electron chi connectivity index (χ0n) is 15.3. The van der Waals surface area contributed by atoms with Crippen LogP contribution in [0.4, 0.5) is 5.82 Å². The fourth-order valence-electron chi connectivity index (χ4n) is 3.16. The van der Waals surface area contributed by atoms with Crippen molar-refractivity contribution in [2.75, 3.05) is 18.9 Å². The molecule has 2 saturated heterocycles. The van der Waals surface area contributed by atoms with Gasteiger partial charge in [-0.3, -0.25) is 9.36 Å². The zero-order valence-corrected chi connectivity index (χ0v) is 17.0. The predicted molar refractivity (Wildman–Crippen MR) is 101 cm³/mol. The van der Waals surface area contributed by atoms with Crippen molar-refractivity contribution in [2.45, 2.75) is 38.2 Å². The second kappa shape index (κ2) is 7.88. The maximum Gasteiger partial charge on any atom is 0.573 e. The molecule has 0 saturated carbocycles. The van der Waals surface area contributed by atoms with Crippen LogP contribution in [-0.4, -0.2) is 60.9 Å². The summed E-state index contributed by atoms with van der Waals surface area (Å²) in [5, 5.41) is 8.91. The molecule has 12 nitrogen and oxygen atoms in total. The summed E-state index contributed by atoms with van der Waals surface area (Å²) in [7, 11) is -3.55. The van der Waals surface area contributed by atoms with Gasteiger partial charge in [0.05, 0.1) is 12.2 Å². The molecule has 4 rings (SSSR count). The summed E-state index contributed by atoms with van der Waals surface area (Å²) < 4.78 is 24.0. The highest BCUT2D eigenvalue weighted by Gasteiger charge is 2.57. The van der Waals surface area contributed by atoms with Crippen LogP contribution < -0.4 is 5.73 Å². The Bertz CT molecular complexity index is 932. The van der Waals surface area contributed by atoms with Crippen LogP contribution in [0.5, 0.6) is 0 Å². The van der Waals surface area contributed by atoms with Gasteiger partial charge in [0.1, 0.15) is 37.2 Å². The van der Waals surface area contributed by atoms with Gasteiger partial charge in [-0.15, -0.1) is 4.52 Å². The van der Waals surface area contributed by atoms with Crippen molar-refractivity contribution in [2.24, 2.45) is 5.92 Å². The Labute approximate surface area is 170 Å². The summed E-state index contributed by atoms with van der Waals surface area (Å²) in [6, 6.07) is 0. The quantitative estimate of drug-likeness (QED) is 0.433. The van der Waals surface area contributed by atoms with Gasteiger partial charge in [0.15, 0.2) is 11.5 Å². The number of nitrogen functional groups attached to an aromatic ring is 1. The van der Waals surface area contributed by atoms with E-state index in [4.69, 9.17) is 40.7 Å². The number of fused-ring (bicyclic) bond motifs is 2. The standard InChI is InChI=1S/C15H19ClN5O7P/c1-7(14(22)23)2-3-25-29(24)26-5-9-8(28-29)4-10(27-9)21-6-18-11-12(17)19-15(16)20-13(11)21/h6-10,24H,2-5H2,1H3,(H2-,17,19,20,22,23)/p+1/t7-,8-,9+,10+,29?/m0/s1. The molecule has 2 aliphatic rings. The van der Waals surface area contributed by atoms with E-state index < -0.39 is 38.5 Å². The second-order valence-corrected chi connectivity index (χ2v) is 8.84. The highest BCUT2D eigenvalue weighted by Crippen LogP contribution is 2.63. The van der Waals surface area contributed by atoms with Crippen molar-refractivity contribution in [3.05, 3.63) is 11.6 Å². The molecule has 158 valence electrons. The largest absolute Gasteiger partial charge is 0.573 e. The third kappa shape index (κ3) is 4.15. The fraction of sp³-hybridized carbons (Fsp3) is 0.600. The van der Waals surface area contributed by atoms with E-state index in [9.17, 15) is 9.69 Å². The lowest BCUT2D eigenvalue weighted by molar-refractivity contribution is -0.141. The van der Waals surface area contributed by atoms with E-state index in [0.29, 0.717) is 17.6 Å². The first-order chi connectivity index (χ1) is 13.8. The average molecular weight is 449 g/mol. The summed E-state index contributed by atoms with van der Waals surface area (Å²) in [6.07, 6.45) is 0.756. The summed E-state index contributed by atoms with van der Waals surface area (Å²) in [6.45, 7) is 1.63. The number of halogens is 1. The Hall–Kier alpha value is -1.66. The van der Waals surface area contributed by atoms with Gasteiger partial charge >= 0.3 is 14.1 Å². The maximum absolute atomic E-state index is 10.9. The molecule has 0 aromatic carbocycles. The maximum atomic E-state index is 10.9. The molecule has 0 radical (unpaired) electrons. The number of imidazole rings is 1. The number of anilines is 1. The number of aromatic nitrogens is 4. The van der Waals surface area contributed by atoms with Gasteiger partial charge in [-0.25, -0.2) is 4.98 Å². The number of ether oxygens (including phenoxy) is 1. The fourth-order valence-corrected chi connectivity index (χ4v) is 4.76. The molecule has 0 amide bonds. The van der Waals surface area contributed by atoms with E-state index in [1.807, 2.05) is 0 Å². The van der Waals surface area contributed by atoms with Crippen LogP contribution in [0.2, 0.25) is 5.28 Å². The minimum atomic E-state index is -3.55. The number of nitrogens with two attached hydrogens (primary N) is 1. The smallest absolute Gasteiger partial charge is 0.481 e. The van der Waals surface area contributed by atoms with Crippen molar-refractivity contribution >= 4 is 42.7 Å². The molecule has 14 heteroatoms. The SMILES string of the molecule is C[C@@H](CCO[P+]1(O)OC[C@H]2O[C@@H](n3cnc4c(N)nc(Cl)nc43)C[C@@H]2O1)C(=O)O. The number of nitrogens with zero attached hydrogens (tertiary/aromatic N) is 4. The Kier molecular flexibility index (Phi) is 5.60. The highest BCUT2D eigenvalue weighted by molar-refractivity contribution is 7.55. The van der Waals surface area contributed by atoms with Gasteiger partial charge in [-0.1, -0.05) is 6.92 Å². The number of rotatable bonds is 6. The molecule has 2 aromatic rings. The molecule has 2 fully saturated rings. The average Bonchev–Trinajstić information content (AvgIpc) is 3.24. The van der Waals surface area contributed by atoms with Gasteiger partial charge in [-0.2, -0.15) is 23.9 Å². The van der Waals surface area contributed by atoms with E-state index in [1.165, 1.54) is 6.33 Å². The summed E-state index contributed by atoms with van der Waals surface area (Å²) in [4.78, 5) is 33.6. The first-order valence-electron chi connectivity index (χ1n) is 8.89. The molecule has 1 unspecified atom stereocenters. The van der Waals surface area contributed by atoms with Crippen molar-refractivity contribution in [1.29, 1.82) is 0 Å². The lowest BCUT2D eigenvalue weighted by Gasteiger charge is -2.26. The van der Waals surface area contributed by atoms with Crippen molar-refractivity contribution in [3.63, 3.8) is 0 Å². The van der Waals surface area contributed by atoms with E-state index in [0.717, 1.165) is 0 Å². The van der Waals surface area contributed by atoms with Crippen molar-refractivity contribution in [1.82, 2.24) is 19.5 Å². The van der Waals surface area contributed by atoms with Crippen LogP contribution in [0, 0.1) is 5.92 Å². The van der Waals surface area contributed by atoms with E-state index in [-0.39, 0.29) is 30.7 Å². The van der Waals surface area contributed by atoms with E-state index >= 15 is 0 Å². The van der Waals surface area contributed by atoms with Crippen LogP contribution in [0.25, 0.3) is 11.2 Å². The van der Waals surface area contributed by atoms with Crippen LogP contribution in [0.3, 0.4) is 0 Å². The number of carbonyl (C=O) groups is 1. The minimum absolute atomic E-state index is 0.000269. The van der Waals surface area contributed by atoms with E-state index in [2.05, 4.69) is 15.0 Å². The number of carboxylic acid groups (broad SMARTS) is 1. The first kappa shape index (κ1) is 20.6. The molecule has 0 bridgehead atoms. The Morgan fingerprint density at radius 3 is 3.07 bits per heavy atom. The number of aliphatic carboxylic acids is 1. The number of hydrogen-bond donors (Lipinski definition) is 3. The van der Waals surface area contributed by atoms with Gasteiger partial charge < -0.3 is 15.6 Å². The Morgan fingerprint density at radius 2 is 2.31 bits per heavy atom. The molecule has 0 aliphatic carbocycles. The lowest BCUT2D eigenvalue weighted by atomic mass is 10.1.